The van der Waals surface area contributed by atoms with Crippen molar-refractivity contribution in [1.82, 2.24) is 9.78 Å². The number of amides is 2. The Kier molecular flexibility index (Phi) is 5.14. The minimum Gasteiger partial charge on any atom is -0.279 e. The minimum atomic E-state index is -4.02. The molecule has 1 aliphatic rings. The maximum Gasteiger partial charge on any atom is 0.269 e. The van der Waals surface area contributed by atoms with Gasteiger partial charge in [0.15, 0.2) is 0 Å². The first-order valence-electron chi connectivity index (χ1n) is 9.74. The number of hydrogen-bond acceptors (Lipinski definition) is 5. The second kappa shape index (κ2) is 7.46. The van der Waals surface area contributed by atoms with Gasteiger partial charge in [0.1, 0.15) is 5.82 Å². The molecule has 0 atom stereocenters. The van der Waals surface area contributed by atoms with E-state index in [4.69, 9.17) is 11.6 Å². The highest BCUT2D eigenvalue weighted by Crippen LogP contribution is 2.37. The number of carbonyl (C=O) groups is 2. The summed E-state index contributed by atoms with van der Waals surface area (Å²) >= 11 is 6.22. The molecule has 8 nitrogen and oxygen atoms in total. The number of carbonyl (C=O) groups excluding carboxylic acids is 2. The number of halogens is 1. The lowest BCUT2D eigenvalue weighted by atomic mass is 9.87. The molecule has 0 bridgehead atoms. The van der Waals surface area contributed by atoms with Gasteiger partial charge in [-0.05, 0) is 35.2 Å². The van der Waals surface area contributed by atoms with E-state index < -0.39 is 21.8 Å². The van der Waals surface area contributed by atoms with Crippen molar-refractivity contribution in [3.8, 4) is 0 Å². The number of aromatic nitrogens is 2. The van der Waals surface area contributed by atoms with Gasteiger partial charge in [-0.1, -0.05) is 44.5 Å². The number of rotatable bonds is 4. The lowest BCUT2D eigenvalue weighted by Gasteiger charge is -2.19. The molecule has 0 radical (unpaired) electrons. The van der Waals surface area contributed by atoms with Crippen LogP contribution in [-0.4, -0.2) is 30.0 Å². The zero-order chi connectivity index (χ0) is 23.4. The zero-order valence-corrected chi connectivity index (χ0v) is 19.5. The van der Waals surface area contributed by atoms with E-state index in [-0.39, 0.29) is 38.0 Å². The Labute approximate surface area is 190 Å². The van der Waals surface area contributed by atoms with E-state index in [1.807, 2.05) is 20.8 Å². The van der Waals surface area contributed by atoms with Gasteiger partial charge in [0.2, 0.25) is 0 Å². The van der Waals surface area contributed by atoms with Crippen molar-refractivity contribution in [3.05, 3.63) is 70.4 Å². The average molecular weight is 473 g/mol. The summed E-state index contributed by atoms with van der Waals surface area (Å²) in [6, 6.07) is 10.8. The molecule has 0 spiro atoms. The lowest BCUT2D eigenvalue weighted by molar-refractivity contribution is 0.0924. The van der Waals surface area contributed by atoms with E-state index in [1.165, 1.54) is 41.2 Å². The molecule has 3 aromatic rings. The van der Waals surface area contributed by atoms with Gasteiger partial charge in [0, 0.05) is 13.1 Å². The minimum absolute atomic E-state index is 0.0210. The first-order chi connectivity index (χ1) is 14.9. The van der Waals surface area contributed by atoms with Crippen molar-refractivity contribution in [2.24, 2.45) is 7.05 Å². The number of fused-ring (bicyclic) bond motifs is 1. The Balaban J connectivity index is 1.74. The molecule has 4 rings (SSSR count). The highest BCUT2D eigenvalue weighted by atomic mass is 35.5. The molecule has 10 heteroatoms. The van der Waals surface area contributed by atoms with Gasteiger partial charge in [-0.25, -0.2) is 13.3 Å². The average Bonchev–Trinajstić information content (AvgIpc) is 3.24. The maximum atomic E-state index is 13.2. The van der Waals surface area contributed by atoms with Gasteiger partial charge < -0.3 is 0 Å². The van der Waals surface area contributed by atoms with Crippen LogP contribution in [0.2, 0.25) is 5.02 Å². The number of sulfonamides is 1. The molecule has 2 amide bonds. The normalized spacial score (nSPS) is 14.1. The highest BCUT2D eigenvalue weighted by molar-refractivity contribution is 7.92. The first-order valence-corrected chi connectivity index (χ1v) is 11.6. The van der Waals surface area contributed by atoms with Gasteiger partial charge in [-0.3, -0.25) is 19.0 Å². The summed E-state index contributed by atoms with van der Waals surface area (Å²) < 4.78 is 29.9. The second-order valence-electron chi connectivity index (χ2n) is 8.48. The van der Waals surface area contributed by atoms with Crippen molar-refractivity contribution in [2.75, 3.05) is 9.62 Å². The summed E-state index contributed by atoms with van der Waals surface area (Å²) in [5, 5.41) is 4.04. The number of nitrogens with one attached hydrogen (secondary N) is 1. The van der Waals surface area contributed by atoms with Crippen LogP contribution in [0.5, 0.6) is 0 Å². The lowest BCUT2D eigenvalue weighted by Crippen LogP contribution is -2.31. The topological polar surface area (TPSA) is 101 Å². The van der Waals surface area contributed by atoms with Gasteiger partial charge >= 0.3 is 0 Å². The summed E-state index contributed by atoms with van der Waals surface area (Å²) in [4.78, 5) is 27.1. The highest BCUT2D eigenvalue weighted by Gasteiger charge is 2.42. The van der Waals surface area contributed by atoms with E-state index in [2.05, 4.69) is 9.82 Å². The van der Waals surface area contributed by atoms with Crippen LogP contribution in [0.15, 0.2) is 53.6 Å². The molecule has 32 heavy (non-hydrogen) atoms. The third-order valence-corrected chi connectivity index (χ3v) is 6.98. The molecule has 0 fully saturated rings. The summed E-state index contributed by atoms with van der Waals surface area (Å²) in [6.45, 7) is 6.09. The molecule has 0 aliphatic carbocycles. The van der Waals surface area contributed by atoms with Gasteiger partial charge in [0.05, 0.1) is 32.9 Å². The molecular weight excluding hydrogens is 452 g/mol. The van der Waals surface area contributed by atoms with E-state index in [0.29, 0.717) is 0 Å². The molecule has 166 valence electrons. The summed E-state index contributed by atoms with van der Waals surface area (Å²) in [7, 11) is -2.43. The number of benzene rings is 2. The Morgan fingerprint density at radius 2 is 1.56 bits per heavy atom. The Hall–Kier alpha value is -3.17. The summed E-state index contributed by atoms with van der Waals surface area (Å²) in [5.74, 6) is -1.08. The van der Waals surface area contributed by atoms with Crippen molar-refractivity contribution in [3.63, 3.8) is 0 Å². The van der Waals surface area contributed by atoms with Gasteiger partial charge in [-0.2, -0.15) is 5.10 Å². The molecule has 0 saturated carbocycles. The Morgan fingerprint density at radius 1 is 0.938 bits per heavy atom. The molecule has 2 heterocycles. The predicted molar refractivity (Wildman–Crippen MR) is 122 cm³/mol. The fraction of sp³-hybridized carbons (Fsp3) is 0.227. The fourth-order valence-corrected chi connectivity index (χ4v) is 4.85. The Morgan fingerprint density at radius 3 is 2.12 bits per heavy atom. The number of hydrogen-bond donors (Lipinski definition) is 1. The van der Waals surface area contributed by atoms with E-state index >= 15 is 0 Å². The van der Waals surface area contributed by atoms with Crippen LogP contribution in [0, 0.1) is 0 Å². The van der Waals surface area contributed by atoms with Crippen LogP contribution in [0.4, 0.5) is 11.5 Å². The number of anilines is 2. The number of nitrogens with zero attached hydrogens (tertiary/aromatic N) is 3. The quantitative estimate of drug-likeness (QED) is 0.579. The van der Waals surface area contributed by atoms with E-state index in [1.54, 1.807) is 19.2 Å². The van der Waals surface area contributed by atoms with Crippen molar-refractivity contribution in [2.45, 2.75) is 31.1 Å². The molecule has 0 unspecified atom stereocenters. The van der Waals surface area contributed by atoms with Crippen molar-refractivity contribution in [1.29, 1.82) is 0 Å². The Bertz CT molecular complexity index is 1360. The largest absolute Gasteiger partial charge is 0.279 e. The second-order valence-corrected chi connectivity index (χ2v) is 10.6. The third kappa shape index (κ3) is 3.57. The zero-order valence-electron chi connectivity index (χ0n) is 17.9. The number of imide groups is 1. The van der Waals surface area contributed by atoms with Crippen LogP contribution in [0.3, 0.4) is 0 Å². The van der Waals surface area contributed by atoms with Crippen LogP contribution in [0.1, 0.15) is 47.1 Å². The predicted octanol–water partition coefficient (Wildman–Crippen LogP) is 3.97. The molecule has 1 aromatic heterocycles. The van der Waals surface area contributed by atoms with E-state index in [9.17, 15) is 18.0 Å². The molecule has 0 saturated heterocycles. The van der Waals surface area contributed by atoms with Crippen LogP contribution >= 0.6 is 11.6 Å². The molecule has 2 aromatic carbocycles. The van der Waals surface area contributed by atoms with Gasteiger partial charge in [0.25, 0.3) is 21.8 Å². The van der Waals surface area contributed by atoms with Crippen LogP contribution in [-0.2, 0) is 22.5 Å². The monoisotopic (exact) mass is 472 g/mol. The van der Waals surface area contributed by atoms with Crippen molar-refractivity contribution >= 4 is 44.9 Å². The first kappa shape index (κ1) is 22.0. The standard InChI is InChI=1S/C22H21ClN4O4S/c1-22(2,3)13-5-7-14(8-6-13)32(30,31)25-16-10-9-15(23)18-19(16)21(29)27(20(18)28)17-11-12-24-26(17)4/h5-12,25H,1-4H3. The number of aryl methyl sites for hydroxylation is 1. The molecule has 1 N–H and O–H groups in total. The smallest absolute Gasteiger partial charge is 0.269 e. The van der Waals surface area contributed by atoms with E-state index in [0.717, 1.165) is 10.5 Å². The molecule has 1 aliphatic heterocycles. The SMILES string of the molecule is Cn1nccc1N1C(=O)c2c(Cl)ccc(NS(=O)(=O)c3ccc(C(C)(C)C)cc3)c2C1=O. The van der Waals surface area contributed by atoms with Gasteiger partial charge in [-0.15, -0.1) is 0 Å². The van der Waals surface area contributed by atoms with Crippen LogP contribution in [0.25, 0.3) is 0 Å². The third-order valence-electron chi connectivity index (χ3n) is 5.29. The fourth-order valence-electron chi connectivity index (χ4n) is 3.54. The summed E-state index contributed by atoms with van der Waals surface area (Å²) in [6.07, 6.45) is 1.45. The maximum absolute atomic E-state index is 13.2. The van der Waals surface area contributed by atoms with Crippen molar-refractivity contribution < 1.29 is 18.0 Å². The molecular formula is C22H21ClN4O4S. The summed E-state index contributed by atoms with van der Waals surface area (Å²) in [5.41, 5.74) is 0.679. The van der Waals surface area contributed by atoms with Crippen LogP contribution < -0.4 is 9.62 Å².